The first kappa shape index (κ1) is 14.7. The van der Waals surface area contributed by atoms with Crippen molar-refractivity contribution in [2.24, 2.45) is 0 Å². The Kier molecular flexibility index (Phi) is 4.32. The summed E-state index contributed by atoms with van der Waals surface area (Å²) < 4.78 is 4.39. The fraction of sp³-hybridized carbons (Fsp3) is 0.200. The van der Waals surface area contributed by atoms with Crippen LogP contribution in [0.1, 0.15) is 0 Å². The molecule has 3 aromatic rings. The summed E-state index contributed by atoms with van der Waals surface area (Å²) >= 11 is 19.2. The molecule has 0 fully saturated rings. The molecule has 0 radical (unpaired) electrons. The SMILES string of the molecule is ClC[C@@H](Cl)Cn1c2ccc(Br)cc2c2cc(Br)ccc21. The van der Waals surface area contributed by atoms with Crippen LogP contribution in [0.15, 0.2) is 45.3 Å². The quantitative estimate of drug-likeness (QED) is 0.434. The molecule has 104 valence electrons. The van der Waals surface area contributed by atoms with E-state index in [2.05, 4.69) is 72.8 Å². The minimum Gasteiger partial charge on any atom is -0.339 e. The summed E-state index contributed by atoms with van der Waals surface area (Å²) in [6.45, 7) is 0.703. The van der Waals surface area contributed by atoms with E-state index < -0.39 is 0 Å². The molecule has 1 heterocycles. The molecule has 1 atom stereocenters. The minimum atomic E-state index is -0.0808. The van der Waals surface area contributed by atoms with Crippen molar-refractivity contribution in [2.45, 2.75) is 11.9 Å². The maximum absolute atomic E-state index is 6.25. The van der Waals surface area contributed by atoms with Gasteiger partial charge in [0.25, 0.3) is 0 Å². The van der Waals surface area contributed by atoms with Crippen molar-refractivity contribution in [3.05, 3.63) is 45.3 Å². The summed E-state index contributed by atoms with van der Waals surface area (Å²) in [7, 11) is 0. The molecule has 2 aromatic carbocycles. The van der Waals surface area contributed by atoms with Crippen LogP contribution < -0.4 is 0 Å². The van der Waals surface area contributed by atoms with E-state index >= 15 is 0 Å². The van der Waals surface area contributed by atoms with Gasteiger partial charge < -0.3 is 4.57 Å². The van der Waals surface area contributed by atoms with Gasteiger partial charge in [-0.05, 0) is 36.4 Å². The predicted octanol–water partition coefficient (Wildman–Crippen LogP) is 6.17. The topological polar surface area (TPSA) is 4.93 Å². The van der Waals surface area contributed by atoms with Gasteiger partial charge in [-0.1, -0.05) is 31.9 Å². The summed E-state index contributed by atoms with van der Waals surface area (Å²) in [6.07, 6.45) is 0. The van der Waals surface area contributed by atoms with Gasteiger partial charge in [-0.2, -0.15) is 0 Å². The third kappa shape index (κ3) is 2.61. The molecule has 1 nitrogen and oxygen atoms in total. The summed E-state index contributed by atoms with van der Waals surface area (Å²) in [5.41, 5.74) is 2.36. The Hall–Kier alpha value is -0.220. The second-order valence-electron chi connectivity index (χ2n) is 4.69. The van der Waals surface area contributed by atoms with Crippen LogP contribution in [0.25, 0.3) is 21.8 Å². The zero-order chi connectivity index (χ0) is 14.3. The van der Waals surface area contributed by atoms with Crippen LogP contribution in [0.3, 0.4) is 0 Å². The van der Waals surface area contributed by atoms with Crippen LogP contribution in [0.2, 0.25) is 0 Å². The maximum atomic E-state index is 6.25. The van der Waals surface area contributed by atoms with Crippen molar-refractivity contribution >= 4 is 76.9 Å². The van der Waals surface area contributed by atoms with Gasteiger partial charge >= 0.3 is 0 Å². The molecule has 0 saturated heterocycles. The van der Waals surface area contributed by atoms with Crippen molar-refractivity contribution in [2.75, 3.05) is 5.88 Å². The number of rotatable bonds is 3. The molecule has 0 N–H and O–H groups in total. The molecule has 0 spiro atoms. The Bertz CT molecular complexity index is 723. The summed E-state index contributed by atoms with van der Waals surface area (Å²) in [4.78, 5) is 0. The maximum Gasteiger partial charge on any atom is 0.0650 e. The number of nitrogens with zero attached hydrogens (tertiary/aromatic N) is 1. The lowest BCUT2D eigenvalue weighted by Gasteiger charge is -2.10. The van der Waals surface area contributed by atoms with Crippen LogP contribution >= 0.6 is 55.1 Å². The van der Waals surface area contributed by atoms with Gasteiger partial charge in [-0.3, -0.25) is 0 Å². The highest BCUT2D eigenvalue weighted by atomic mass is 79.9. The van der Waals surface area contributed by atoms with Crippen LogP contribution in [0.5, 0.6) is 0 Å². The Balaban J connectivity index is 2.34. The van der Waals surface area contributed by atoms with Crippen LogP contribution in [-0.4, -0.2) is 15.8 Å². The van der Waals surface area contributed by atoms with E-state index in [0.29, 0.717) is 12.4 Å². The van der Waals surface area contributed by atoms with E-state index in [0.717, 1.165) is 8.95 Å². The monoisotopic (exact) mass is 433 g/mol. The van der Waals surface area contributed by atoms with Gasteiger partial charge in [-0.25, -0.2) is 0 Å². The highest BCUT2D eigenvalue weighted by Crippen LogP contribution is 2.33. The van der Waals surface area contributed by atoms with Gasteiger partial charge in [0.2, 0.25) is 0 Å². The third-order valence-corrected chi connectivity index (χ3v) is 5.15. The molecule has 20 heavy (non-hydrogen) atoms. The number of aromatic nitrogens is 1. The first-order valence-electron chi connectivity index (χ1n) is 6.17. The predicted molar refractivity (Wildman–Crippen MR) is 95.2 cm³/mol. The molecule has 1 aromatic heterocycles. The van der Waals surface area contributed by atoms with Crippen molar-refractivity contribution in [1.82, 2.24) is 4.57 Å². The van der Waals surface area contributed by atoms with Crippen molar-refractivity contribution < 1.29 is 0 Å². The van der Waals surface area contributed by atoms with E-state index in [4.69, 9.17) is 23.2 Å². The molecule has 5 heteroatoms. The highest BCUT2D eigenvalue weighted by molar-refractivity contribution is 9.10. The molecule has 0 unspecified atom stereocenters. The molecule has 0 aliphatic carbocycles. The van der Waals surface area contributed by atoms with E-state index in [1.807, 2.05) is 0 Å². The standard InChI is InChI=1S/C15H11Br2Cl2N/c16-9-1-3-14-12(5-9)13-6-10(17)2-4-15(13)20(14)8-11(19)7-18/h1-6,11H,7-8H2/t11-/m1/s1. The molecule has 0 amide bonds. The molecule has 0 aliphatic heterocycles. The normalized spacial score (nSPS) is 13.2. The van der Waals surface area contributed by atoms with Gasteiger partial charge in [-0.15, -0.1) is 23.2 Å². The third-order valence-electron chi connectivity index (χ3n) is 3.34. The zero-order valence-corrected chi connectivity index (χ0v) is 15.1. The van der Waals surface area contributed by atoms with Gasteiger partial charge in [0.15, 0.2) is 0 Å². The van der Waals surface area contributed by atoms with Gasteiger partial charge in [0.1, 0.15) is 0 Å². The molecule has 0 aliphatic rings. The Labute approximate surface area is 144 Å². The molecular formula is C15H11Br2Cl2N. The minimum absolute atomic E-state index is 0.0808. The van der Waals surface area contributed by atoms with E-state index in [9.17, 15) is 0 Å². The molecule has 3 rings (SSSR count). The Morgan fingerprint density at radius 2 is 1.45 bits per heavy atom. The average Bonchev–Trinajstić information content (AvgIpc) is 2.72. The first-order chi connectivity index (χ1) is 9.60. The lowest BCUT2D eigenvalue weighted by molar-refractivity contribution is 0.735. The van der Waals surface area contributed by atoms with E-state index in [-0.39, 0.29) is 5.38 Å². The van der Waals surface area contributed by atoms with Crippen molar-refractivity contribution in [1.29, 1.82) is 0 Å². The number of alkyl halides is 2. The lowest BCUT2D eigenvalue weighted by Crippen LogP contribution is -2.11. The van der Waals surface area contributed by atoms with Crippen molar-refractivity contribution in [3.63, 3.8) is 0 Å². The highest BCUT2D eigenvalue weighted by Gasteiger charge is 2.14. The zero-order valence-electron chi connectivity index (χ0n) is 10.4. The molecular weight excluding hydrogens is 425 g/mol. The number of hydrogen-bond donors (Lipinski definition) is 0. The molecule has 0 bridgehead atoms. The van der Waals surface area contributed by atoms with Crippen molar-refractivity contribution in [3.8, 4) is 0 Å². The number of hydrogen-bond acceptors (Lipinski definition) is 0. The fourth-order valence-corrected chi connectivity index (χ4v) is 3.45. The van der Waals surface area contributed by atoms with Gasteiger partial charge in [0.05, 0.1) is 5.38 Å². The Morgan fingerprint density at radius 3 is 1.90 bits per heavy atom. The number of halogens is 4. The van der Waals surface area contributed by atoms with E-state index in [1.165, 1.54) is 21.8 Å². The summed E-state index contributed by atoms with van der Waals surface area (Å²) in [5, 5.41) is 2.35. The van der Waals surface area contributed by atoms with Crippen LogP contribution in [0, 0.1) is 0 Å². The fourth-order valence-electron chi connectivity index (χ4n) is 2.49. The van der Waals surface area contributed by atoms with Crippen LogP contribution in [0.4, 0.5) is 0 Å². The smallest absolute Gasteiger partial charge is 0.0650 e. The number of fused-ring (bicyclic) bond motifs is 3. The Morgan fingerprint density at radius 1 is 0.950 bits per heavy atom. The van der Waals surface area contributed by atoms with Crippen LogP contribution in [-0.2, 0) is 6.54 Å². The van der Waals surface area contributed by atoms with E-state index in [1.54, 1.807) is 0 Å². The lowest BCUT2D eigenvalue weighted by atomic mass is 10.2. The average molecular weight is 436 g/mol. The molecule has 0 saturated carbocycles. The summed E-state index contributed by atoms with van der Waals surface area (Å²) in [5.74, 6) is 0.440. The number of benzene rings is 2. The first-order valence-corrected chi connectivity index (χ1v) is 8.73. The second-order valence-corrected chi connectivity index (χ2v) is 7.44. The van der Waals surface area contributed by atoms with Gasteiger partial charge in [0, 0.05) is 43.2 Å². The second kappa shape index (κ2) is 5.88. The summed E-state index contributed by atoms with van der Waals surface area (Å²) in [6, 6.07) is 12.6. The largest absolute Gasteiger partial charge is 0.339 e.